The van der Waals surface area contributed by atoms with Crippen LogP contribution in [0.4, 0.5) is 5.82 Å². The third kappa shape index (κ3) is 1.54. The van der Waals surface area contributed by atoms with Crippen LogP contribution in [0.15, 0.2) is 29.1 Å². The first-order chi connectivity index (χ1) is 8.66. The van der Waals surface area contributed by atoms with Crippen molar-refractivity contribution in [2.45, 2.75) is 12.5 Å². The number of carboxylic acids is 1. The number of carboxylic acid groups (broad SMARTS) is 1. The van der Waals surface area contributed by atoms with Crippen LogP contribution < -0.4 is 10.5 Å². The predicted molar refractivity (Wildman–Crippen MR) is 65.8 cm³/mol. The van der Waals surface area contributed by atoms with Crippen LogP contribution >= 0.6 is 0 Å². The summed E-state index contributed by atoms with van der Waals surface area (Å²) in [7, 11) is 0. The number of anilines is 1. The first kappa shape index (κ1) is 10.8. The predicted octanol–water partition coefficient (Wildman–Crippen LogP) is 0.586. The lowest BCUT2D eigenvalue weighted by molar-refractivity contribution is -0.140. The Morgan fingerprint density at radius 1 is 1.44 bits per heavy atom. The van der Waals surface area contributed by atoms with Gasteiger partial charge in [-0.25, -0.2) is 9.78 Å². The number of hydrogen-bond acceptors (Lipinski definition) is 4. The van der Waals surface area contributed by atoms with Crippen LogP contribution in [-0.4, -0.2) is 33.6 Å². The number of benzene rings is 1. The van der Waals surface area contributed by atoms with Crippen LogP contribution in [-0.2, 0) is 4.79 Å². The molecule has 6 nitrogen and oxygen atoms in total. The lowest BCUT2D eigenvalue weighted by atomic mass is 10.0. The number of H-pyrrole nitrogens is 1. The van der Waals surface area contributed by atoms with Gasteiger partial charge in [0.25, 0.3) is 5.56 Å². The summed E-state index contributed by atoms with van der Waals surface area (Å²) in [6.45, 7) is 0.547. The lowest BCUT2D eigenvalue weighted by Gasteiger charge is -2.38. The summed E-state index contributed by atoms with van der Waals surface area (Å²) < 4.78 is 0. The Morgan fingerprint density at radius 2 is 2.22 bits per heavy atom. The molecule has 0 unspecified atom stereocenters. The van der Waals surface area contributed by atoms with E-state index in [0.29, 0.717) is 24.0 Å². The fourth-order valence-electron chi connectivity index (χ4n) is 2.11. The summed E-state index contributed by atoms with van der Waals surface area (Å²) >= 11 is 0. The van der Waals surface area contributed by atoms with E-state index in [1.54, 1.807) is 12.1 Å². The van der Waals surface area contributed by atoms with E-state index in [4.69, 9.17) is 5.11 Å². The Balaban J connectivity index is 2.10. The maximum Gasteiger partial charge on any atom is 0.326 e. The molecule has 0 radical (unpaired) electrons. The van der Waals surface area contributed by atoms with Crippen LogP contribution in [0.25, 0.3) is 11.0 Å². The van der Waals surface area contributed by atoms with Gasteiger partial charge in [0.15, 0.2) is 5.82 Å². The molecule has 0 saturated carbocycles. The fraction of sp³-hybridized carbons (Fsp3) is 0.250. The monoisotopic (exact) mass is 245 g/mol. The molecule has 2 N–H and O–H groups in total. The molecule has 2 aromatic rings. The minimum Gasteiger partial charge on any atom is -0.480 e. The van der Waals surface area contributed by atoms with Gasteiger partial charge in [0.2, 0.25) is 0 Å². The molecule has 0 aliphatic carbocycles. The third-order valence-electron chi connectivity index (χ3n) is 3.16. The van der Waals surface area contributed by atoms with Gasteiger partial charge in [0.1, 0.15) is 6.04 Å². The van der Waals surface area contributed by atoms with Crippen LogP contribution in [0.5, 0.6) is 0 Å². The molecule has 18 heavy (non-hydrogen) atoms. The number of nitrogens with one attached hydrogen (secondary N) is 1. The molecule has 6 heteroatoms. The number of aliphatic carboxylic acids is 1. The highest BCUT2D eigenvalue weighted by molar-refractivity contribution is 5.81. The Bertz CT molecular complexity index is 680. The van der Waals surface area contributed by atoms with E-state index >= 15 is 0 Å². The molecule has 1 aliphatic heterocycles. The van der Waals surface area contributed by atoms with Crippen LogP contribution in [0.1, 0.15) is 6.42 Å². The molecule has 1 aromatic carbocycles. The first-order valence-electron chi connectivity index (χ1n) is 5.65. The molecule has 0 spiro atoms. The molecule has 1 saturated heterocycles. The van der Waals surface area contributed by atoms with Crippen molar-refractivity contribution in [1.82, 2.24) is 9.97 Å². The van der Waals surface area contributed by atoms with Gasteiger partial charge in [-0.3, -0.25) is 4.79 Å². The minimum absolute atomic E-state index is 0.187. The zero-order valence-electron chi connectivity index (χ0n) is 9.46. The average Bonchev–Trinajstić information content (AvgIpc) is 2.27. The van der Waals surface area contributed by atoms with Crippen molar-refractivity contribution >= 4 is 22.8 Å². The number of carbonyl (C=O) groups is 1. The van der Waals surface area contributed by atoms with Gasteiger partial charge in [0.05, 0.1) is 11.0 Å². The maximum atomic E-state index is 11.9. The van der Waals surface area contributed by atoms with Crippen molar-refractivity contribution in [1.29, 1.82) is 0 Å². The van der Waals surface area contributed by atoms with Crippen LogP contribution in [0, 0.1) is 0 Å². The Morgan fingerprint density at radius 3 is 2.89 bits per heavy atom. The third-order valence-corrected chi connectivity index (χ3v) is 3.16. The zero-order chi connectivity index (χ0) is 12.7. The maximum absolute atomic E-state index is 11.9. The molecule has 0 amide bonds. The molecule has 2 heterocycles. The quantitative estimate of drug-likeness (QED) is 0.808. The normalized spacial score (nSPS) is 18.7. The van der Waals surface area contributed by atoms with E-state index in [0.717, 1.165) is 0 Å². The second-order valence-electron chi connectivity index (χ2n) is 4.24. The van der Waals surface area contributed by atoms with Crippen molar-refractivity contribution < 1.29 is 9.90 Å². The van der Waals surface area contributed by atoms with Gasteiger partial charge >= 0.3 is 5.97 Å². The van der Waals surface area contributed by atoms with Crippen LogP contribution in [0.2, 0.25) is 0 Å². The molecule has 1 aliphatic rings. The average molecular weight is 245 g/mol. The number of hydrogen-bond donors (Lipinski definition) is 2. The number of aromatic amines is 1. The van der Waals surface area contributed by atoms with Crippen molar-refractivity contribution in [2.75, 3.05) is 11.4 Å². The molecule has 1 fully saturated rings. The number of para-hydroxylation sites is 2. The Kier molecular flexibility index (Phi) is 2.29. The summed E-state index contributed by atoms with van der Waals surface area (Å²) in [5, 5.41) is 8.99. The summed E-state index contributed by atoms with van der Waals surface area (Å²) in [5.74, 6) is -0.733. The standard InChI is InChI=1S/C12H11N3O3/c16-11-10(15-6-5-9(15)12(17)18)13-7-3-1-2-4-8(7)14-11/h1-4,9H,5-6H2,(H,14,16)(H,17,18)/t9-/m1/s1. The summed E-state index contributed by atoms with van der Waals surface area (Å²) in [5.41, 5.74) is 0.960. The SMILES string of the molecule is O=C(O)[C@H]1CCN1c1nc2ccccc2[nH]c1=O. The van der Waals surface area contributed by atoms with Gasteiger partial charge in [-0.2, -0.15) is 0 Å². The molecule has 3 rings (SSSR count). The number of rotatable bonds is 2. The van der Waals surface area contributed by atoms with Gasteiger partial charge in [0, 0.05) is 6.54 Å². The molecule has 0 bridgehead atoms. The second-order valence-corrected chi connectivity index (χ2v) is 4.24. The van der Waals surface area contributed by atoms with Crippen LogP contribution in [0.3, 0.4) is 0 Å². The highest BCUT2D eigenvalue weighted by Crippen LogP contribution is 2.23. The molecular formula is C12H11N3O3. The van der Waals surface area contributed by atoms with E-state index in [9.17, 15) is 9.59 Å². The van der Waals surface area contributed by atoms with Crippen molar-refractivity contribution in [2.24, 2.45) is 0 Å². The van der Waals surface area contributed by atoms with E-state index in [1.165, 1.54) is 4.90 Å². The largest absolute Gasteiger partial charge is 0.480 e. The molecule has 92 valence electrons. The van der Waals surface area contributed by atoms with Gasteiger partial charge in [-0.05, 0) is 18.6 Å². The zero-order valence-corrected chi connectivity index (χ0v) is 9.46. The van der Waals surface area contributed by atoms with Crippen molar-refractivity contribution in [3.05, 3.63) is 34.6 Å². The van der Waals surface area contributed by atoms with Crippen molar-refractivity contribution in [3.8, 4) is 0 Å². The summed E-state index contributed by atoms with van der Waals surface area (Å²) in [4.78, 5) is 31.3. The highest BCUT2D eigenvalue weighted by atomic mass is 16.4. The van der Waals surface area contributed by atoms with E-state index in [2.05, 4.69) is 9.97 Å². The highest BCUT2D eigenvalue weighted by Gasteiger charge is 2.36. The first-order valence-corrected chi connectivity index (χ1v) is 5.65. The number of fused-ring (bicyclic) bond motifs is 1. The van der Waals surface area contributed by atoms with E-state index < -0.39 is 12.0 Å². The Labute approximate surface area is 102 Å². The summed E-state index contributed by atoms with van der Waals surface area (Å²) in [6.07, 6.45) is 0.545. The van der Waals surface area contributed by atoms with Gasteiger partial charge in [-0.1, -0.05) is 12.1 Å². The minimum atomic E-state index is -0.921. The number of nitrogens with zero attached hydrogens (tertiary/aromatic N) is 2. The van der Waals surface area contributed by atoms with E-state index in [-0.39, 0.29) is 11.4 Å². The number of aromatic nitrogens is 2. The van der Waals surface area contributed by atoms with Gasteiger partial charge < -0.3 is 15.0 Å². The lowest BCUT2D eigenvalue weighted by Crippen LogP contribution is -2.54. The molecule has 1 atom stereocenters. The van der Waals surface area contributed by atoms with Gasteiger partial charge in [-0.15, -0.1) is 0 Å². The smallest absolute Gasteiger partial charge is 0.326 e. The fourth-order valence-corrected chi connectivity index (χ4v) is 2.11. The topological polar surface area (TPSA) is 86.3 Å². The Hall–Kier alpha value is -2.37. The molecule has 1 aromatic heterocycles. The second kappa shape index (κ2) is 3.83. The van der Waals surface area contributed by atoms with Crippen molar-refractivity contribution in [3.63, 3.8) is 0 Å². The van der Waals surface area contributed by atoms with E-state index in [1.807, 2.05) is 12.1 Å². The molecular weight excluding hydrogens is 234 g/mol. The summed E-state index contributed by atoms with van der Waals surface area (Å²) in [6, 6.07) is 6.54.